The molecule has 0 unspecified atom stereocenters. The zero-order valence-corrected chi connectivity index (χ0v) is 33.2. The second kappa shape index (κ2) is 41.5. The summed E-state index contributed by atoms with van der Waals surface area (Å²) in [7, 11) is 0. The lowest BCUT2D eigenvalue weighted by Crippen LogP contribution is -2.28. The Morgan fingerprint density at radius 2 is 0.800 bits per heavy atom. The summed E-state index contributed by atoms with van der Waals surface area (Å²) in [4.78, 5) is 24.3. The average Bonchev–Trinajstić information content (AvgIpc) is 3.12. The van der Waals surface area contributed by atoms with E-state index in [0.717, 1.165) is 51.4 Å². The van der Waals surface area contributed by atoms with Crippen LogP contribution in [0.2, 0.25) is 0 Å². The van der Waals surface area contributed by atoms with Gasteiger partial charge in [0.1, 0.15) is 6.61 Å². The van der Waals surface area contributed by atoms with Crippen molar-refractivity contribution in [1.82, 2.24) is 0 Å². The summed E-state index contributed by atoms with van der Waals surface area (Å²) in [6.45, 7) is 4.11. The maximum atomic E-state index is 12.2. The lowest BCUT2D eigenvalue weighted by molar-refractivity contribution is -0.161. The van der Waals surface area contributed by atoms with E-state index in [9.17, 15) is 14.7 Å². The van der Waals surface area contributed by atoms with Crippen LogP contribution in [0.3, 0.4) is 0 Å². The molecular weight excluding hydrogens is 620 g/mol. The van der Waals surface area contributed by atoms with Gasteiger partial charge in [0, 0.05) is 12.8 Å². The van der Waals surface area contributed by atoms with Gasteiger partial charge in [-0.3, -0.25) is 9.59 Å². The van der Waals surface area contributed by atoms with Gasteiger partial charge in [0.25, 0.3) is 0 Å². The molecule has 0 fully saturated rings. The van der Waals surface area contributed by atoms with Crippen molar-refractivity contribution in [3.05, 3.63) is 36.5 Å². The molecule has 0 spiro atoms. The van der Waals surface area contributed by atoms with Crippen LogP contribution in [-0.2, 0) is 19.1 Å². The molecule has 5 heteroatoms. The summed E-state index contributed by atoms with van der Waals surface area (Å²) >= 11 is 0. The molecule has 1 N–H and O–H groups in total. The molecule has 0 aliphatic heterocycles. The van der Waals surface area contributed by atoms with Gasteiger partial charge in [-0.15, -0.1) is 0 Å². The Kier molecular flexibility index (Phi) is 40.0. The highest BCUT2D eigenvalue weighted by Crippen LogP contribution is 2.14. The van der Waals surface area contributed by atoms with Crippen LogP contribution in [0.1, 0.15) is 219 Å². The van der Waals surface area contributed by atoms with Crippen molar-refractivity contribution in [3.8, 4) is 0 Å². The van der Waals surface area contributed by atoms with Gasteiger partial charge in [-0.2, -0.15) is 0 Å². The quantitative estimate of drug-likeness (QED) is 0.0392. The SMILES string of the molecule is CCCCC/C=C/C/C=C/CCCCCCCC(=O)OC[C@H](CO)OC(=O)CCCCCCCCCCCCC/C=C/CCCCCCCC. The summed E-state index contributed by atoms with van der Waals surface area (Å²) in [5.74, 6) is -0.603. The number of allylic oxidation sites excluding steroid dienone is 6. The molecule has 0 aliphatic carbocycles. The number of aliphatic hydroxyl groups excluding tert-OH is 1. The smallest absolute Gasteiger partial charge is 0.306 e. The first-order valence-corrected chi connectivity index (χ1v) is 21.5. The summed E-state index contributed by atoms with van der Waals surface area (Å²) in [6, 6.07) is 0. The van der Waals surface area contributed by atoms with Crippen molar-refractivity contribution in [3.63, 3.8) is 0 Å². The van der Waals surface area contributed by atoms with Crippen LogP contribution in [0.5, 0.6) is 0 Å². The zero-order valence-electron chi connectivity index (χ0n) is 33.2. The number of rotatable bonds is 39. The van der Waals surface area contributed by atoms with Gasteiger partial charge >= 0.3 is 11.9 Å². The van der Waals surface area contributed by atoms with Gasteiger partial charge in [0.05, 0.1) is 6.61 Å². The summed E-state index contributed by atoms with van der Waals surface area (Å²) in [6.07, 6.45) is 50.7. The molecule has 0 aromatic carbocycles. The van der Waals surface area contributed by atoms with E-state index < -0.39 is 6.10 Å². The van der Waals surface area contributed by atoms with Crippen LogP contribution >= 0.6 is 0 Å². The Balaban J connectivity index is 3.53. The molecule has 0 aromatic heterocycles. The minimum atomic E-state index is -0.776. The number of ether oxygens (including phenoxy) is 2. The van der Waals surface area contributed by atoms with E-state index >= 15 is 0 Å². The lowest BCUT2D eigenvalue weighted by Gasteiger charge is -2.15. The van der Waals surface area contributed by atoms with E-state index in [0.29, 0.717) is 12.8 Å². The van der Waals surface area contributed by atoms with Crippen LogP contribution in [0.4, 0.5) is 0 Å². The fraction of sp³-hybridized carbons (Fsp3) is 0.822. The molecule has 0 saturated heterocycles. The minimum Gasteiger partial charge on any atom is -0.462 e. The van der Waals surface area contributed by atoms with E-state index in [4.69, 9.17) is 9.47 Å². The van der Waals surface area contributed by atoms with Crippen LogP contribution in [0.25, 0.3) is 0 Å². The number of carbonyl (C=O) groups excluding carboxylic acids is 2. The van der Waals surface area contributed by atoms with Gasteiger partial charge in [0.2, 0.25) is 0 Å². The van der Waals surface area contributed by atoms with Gasteiger partial charge < -0.3 is 14.6 Å². The number of unbranched alkanes of at least 4 members (excludes halogenated alkanes) is 25. The first kappa shape index (κ1) is 48.1. The summed E-state index contributed by atoms with van der Waals surface area (Å²) < 4.78 is 10.6. The van der Waals surface area contributed by atoms with E-state index in [-0.39, 0.29) is 25.2 Å². The molecule has 0 rings (SSSR count). The molecule has 0 heterocycles. The summed E-state index contributed by atoms with van der Waals surface area (Å²) in [5, 5.41) is 9.57. The Morgan fingerprint density at radius 1 is 0.460 bits per heavy atom. The fourth-order valence-corrected chi connectivity index (χ4v) is 6.11. The molecule has 0 bridgehead atoms. The van der Waals surface area contributed by atoms with E-state index in [1.54, 1.807) is 0 Å². The zero-order chi connectivity index (χ0) is 36.4. The standard InChI is InChI=1S/C45H82O5/c1-3-5-7-9-11-13-15-17-19-20-21-22-23-24-26-28-30-32-34-36-38-40-45(48)50-43(41-46)42-49-44(47)39-37-35-33-31-29-27-25-18-16-14-12-10-8-6-4-2/h12,14,17-19,25,43,46H,3-11,13,15-16,20-24,26-42H2,1-2H3/b14-12+,19-17+,25-18+/t43-/m0/s1. The van der Waals surface area contributed by atoms with Crippen LogP contribution in [-0.4, -0.2) is 36.4 Å². The first-order chi connectivity index (χ1) is 24.6. The normalized spacial score (nSPS) is 12.5. The molecule has 1 atom stereocenters. The molecule has 0 aromatic rings. The van der Waals surface area contributed by atoms with E-state index in [1.807, 2.05) is 0 Å². The predicted octanol–water partition coefficient (Wildman–Crippen LogP) is 13.6. The van der Waals surface area contributed by atoms with Crippen LogP contribution < -0.4 is 0 Å². The highest BCUT2D eigenvalue weighted by Gasteiger charge is 2.16. The summed E-state index contributed by atoms with van der Waals surface area (Å²) in [5.41, 5.74) is 0. The molecule has 50 heavy (non-hydrogen) atoms. The second-order valence-corrected chi connectivity index (χ2v) is 14.4. The van der Waals surface area contributed by atoms with Gasteiger partial charge in [-0.05, 0) is 70.6 Å². The van der Waals surface area contributed by atoms with Crippen LogP contribution in [0.15, 0.2) is 36.5 Å². The van der Waals surface area contributed by atoms with Crippen LogP contribution in [0, 0.1) is 0 Å². The average molecular weight is 703 g/mol. The Labute approximate surface area is 310 Å². The Bertz CT molecular complexity index is 801. The molecule has 5 nitrogen and oxygen atoms in total. The van der Waals surface area contributed by atoms with Crippen molar-refractivity contribution >= 4 is 11.9 Å². The third-order valence-electron chi connectivity index (χ3n) is 9.41. The second-order valence-electron chi connectivity index (χ2n) is 14.4. The number of esters is 2. The highest BCUT2D eigenvalue weighted by atomic mass is 16.6. The predicted molar refractivity (Wildman–Crippen MR) is 214 cm³/mol. The topological polar surface area (TPSA) is 72.8 Å². The van der Waals surface area contributed by atoms with Crippen molar-refractivity contribution in [2.45, 2.75) is 225 Å². The number of hydrogen-bond donors (Lipinski definition) is 1. The molecule has 292 valence electrons. The number of carbonyl (C=O) groups is 2. The number of aliphatic hydroxyl groups is 1. The third kappa shape index (κ3) is 38.9. The van der Waals surface area contributed by atoms with Gasteiger partial charge in [-0.25, -0.2) is 0 Å². The highest BCUT2D eigenvalue weighted by molar-refractivity contribution is 5.70. The Hall–Kier alpha value is -1.88. The third-order valence-corrected chi connectivity index (χ3v) is 9.41. The maximum Gasteiger partial charge on any atom is 0.306 e. The van der Waals surface area contributed by atoms with Crippen molar-refractivity contribution in [2.24, 2.45) is 0 Å². The Morgan fingerprint density at radius 3 is 1.24 bits per heavy atom. The maximum absolute atomic E-state index is 12.2. The molecule has 0 saturated carbocycles. The molecular formula is C45H82O5. The van der Waals surface area contributed by atoms with E-state index in [1.165, 1.54) is 141 Å². The monoisotopic (exact) mass is 703 g/mol. The van der Waals surface area contributed by atoms with Crippen molar-refractivity contribution in [1.29, 1.82) is 0 Å². The largest absolute Gasteiger partial charge is 0.462 e. The fourth-order valence-electron chi connectivity index (χ4n) is 6.11. The molecule has 0 amide bonds. The van der Waals surface area contributed by atoms with Gasteiger partial charge in [0.15, 0.2) is 6.10 Å². The first-order valence-electron chi connectivity index (χ1n) is 21.5. The molecule has 0 radical (unpaired) electrons. The van der Waals surface area contributed by atoms with Crippen molar-refractivity contribution in [2.75, 3.05) is 13.2 Å². The number of hydrogen-bond acceptors (Lipinski definition) is 5. The van der Waals surface area contributed by atoms with Crippen molar-refractivity contribution < 1.29 is 24.2 Å². The van der Waals surface area contributed by atoms with Gasteiger partial charge in [-0.1, -0.05) is 172 Å². The lowest BCUT2D eigenvalue weighted by atomic mass is 10.0. The molecule has 0 aliphatic rings. The minimum absolute atomic E-state index is 0.0717. The van der Waals surface area contributed by atoms with E-state index in [2.05, 4.69) is 50.3 Å².